The first-order valence-electron chi connectivity index (χ1n) is 7.00. The summed E-state index contributed by atoms with van der Waals surface area (Å²) in [5.41, 5.74) is 0.310. The number of esters is 1. The second kappa shape index (κ2) is 8.30. The van der Waals surface area contributed by atoms with Crippen molar-refractivity contribution in [2.24, 2.45) is 0 Å². The summed E-state index contributed by atoms with van der Waals surface area (Å²) in [6.45, 7) is 4.02. The van der Waals surface area contributed by atoms with Gasteiger partial charge in [0.2, 0.25) is 0 Å². The van der Waals surface area contributed by atoms with Gasteiger partial charge in [0.25, 0.3) is 5.69 Å². The van der Waals surface area contributed by atoms with Crippen LogP contribution in [-0.4, -0.2) is 17.0 Å². The van der Waals surface area contributed by atoms with Gasteiger partial charge in [0.15, 0.2) is 0 Å². The van der Waals surface area contributed by atoms with Gasteiger partial charge < -0.3 is 4.74 Å². The van der Waals surface area contributed by atoms with Crippen LogP contribution in [0.3, 0.4) is 0 Å². The van der Waals surface area contributed by atoms with Crippen molar-refractivity contribution in [3.05, 3.63) is 39.9 Å². The Morgan fingerprint density at radius 2 is 1.90 bits per heavy atom. The molecule has 0 bridgehead atoms. The van der Waals surface area contributed by atoms with Gasteiger partial charge in [-0.05, 0) is 31.9 Å². The fourth-order valence-electron chi connectivity index (χ4n) is 1.89. The van der Waals surface area contributed by atoms with Crippen molar-refractivity contribution in [3.63, 3.8) is 0 Å². The second-order valence-electron chi connectivity index (χ2n) is 4.87. The number of unbranched alkanes of at least 4 members (excludes halogenated alkanes) is 3. The first-order chi connectivity index (χ1) is 9.54. The number of ether oxygens (including phenoxy) is 1. The quantitative estimate of drug-likeness (QED) is 0.311. The third-order valence-electron chi connectivity index (χ3n) is 3.09. The molecule has 110 valence electrons. The number of hydrogen-bond acceptors (Lipinski definition) is 4. The van der Waals surface area contributed by atoms with Gasteiger partial charge in [-0.25, -0.2) is 4.79 Å². The average molecular weight is 279 g/mol. The molecule has 0 unspecified atom stereocenters. The van der Waals surface area contributed by atoms with Crippen LogP contribution in [0.1, 0.15) is 56.3 Å². The van der Waals surface area contributed by atoms with Crippen molar-refractivity contribution in [3.8, 4) is 0 Å². The lowest BCUT2D eigenvalue weighted by atomic mass is 10.1. The summed E-state index contributed by atoms with van der Waals surface area (Å²) in [7, 11) is 0. The van der Waals surface area contributed by atoms with E-state index in [1.807, 2.05) is 6.92 Å². The third kappa shape index (κ3) is 5.38. The molecule has 0 aliphatic heterocycles. The van der Waals surface area contributed by atoms with E-state index in [4.69, 9.17) is 4.74 Å². The molecule has 0 saturated carbocycles. The fourth-order valence-corrected chi connectivity index (χ4v) is 1.89. The van der Waals surface area contributed by atoms with E-state index >= 15 is 0 Å². The molecule has 0 aliphatic rings. The predicted molar refractivity (Wildman–Crippen MR) is 76.7 cm³/mol. The van der Waals surface area contributed by atoms with Crippen molar-refractivity contribution >= 4 is 11.7 Å². The average Bonchev–Trinajstić information content (AvgIpc) is 2.43. The van der Waals surface area contributed by atoms with E-state index in [1.54, 1.807) is 0 Å². The maximum Gasteiger partial charge on any atom is 0.338 e. The molecule has 0 saturated heterocycles. The molecule has 0 amide bonds. The highest BCUT2D eigenvalue weighted by atomic mass is 16.6. The molecule has 20 heavy (non-hydrogen) atoms. The lowest BCUT2D eigenvalue weighted by molar-refractivity contribution is -0.384. The van der Waals surface area contributed by atoms with E-state index in [0.29, 0.717) is 5.56 Å². The monoisotopic (exact) mass is 279 g/mol. The highest BCUT2D eigenvalue weighted by molar-refractivity contribution is 5.89. The molecule has 0 aliphatic carbocycles. The Kier molecular flexibility index (Phi) is 6.70. The molecule has 0 spiro atoms. The summed E-state index contributed by atoms with van der Waals surface area (Å²) in [6, 6.07) is 5.46. The van der Waals surface area contributed by atoms with Crippen LogP contribution in [0.2, 0.25) is 0 Å². The van der Waals surface area contributed by atoms with Gasteiger partial charge in [0, 0.05) is 12.1 Å². The van der Waals surface area contributed by atoms with Crippen molar-refractivity contribution in [2.45, 2.75) is 52.1 Å². The van der Waals surface area contributed by atoms with E-state index in [2.05, 4.69) is 6.92 Å². The largest absolute Gasteiger partial charge is 0.459 e. The Bertz CT molecular complexity index is 442. The number of non-ortho nitro benzene ring substituents is 1. The smallest absolute Gasteiger partial charge is 0.338 e. The van der Waals surface area contributed by atoms with Crippen molar-refractivity contribution in [1.82, 2.24) is 0 Å². The lowest BCUT2D eigenvalue weighted by Crippen LogP contribution is -2.15. The Balaban J connectivity index is 2.43. The standard InChI is InChI=1S/C15H21NO4/c1-3-4-5-6-7-12(2)20-15(17)13-8-10-14(11-9-13)16(18)19/h8-12H,3-7H2,1-2H3/t12-/m0/s1. The molecule has 1 aromatic carbocycles. The van der Waals surface area contributed by atoms with Crippen LogP contribution < -0.4 is 0 Å². The zero-order valence-corrected chi connectivity index (χ0v) is 12.0. The number of carbonyl (C=O) groups is 1. The van der Waals surface area contributed by atoms with Gasteiger partial charge in [-0.2, -0.15) is 0 Å². The number of rotatable bonds is 8. The van der Waals surface area contributed by atoms with Crippen LogP contribution >= 0.6 is 0 Å². The van der Waals surface area contributed by atoms with Gasteiger partial charge in [-0.3, -0.25) is 10.1 Å². The molecular weight excluding hydrogens is 258 g/mol. The van der Waals surface area contributed by atoms with Crippen molar-refractivity contribution < 1.29 is 14.5 Å². The van der Waals surface area contributed by atoms with E-state index in [-0.39, 0.29) is 11.8 Å². The van der Waals surface area contributed by atoms with E-state index in [0.717, 1.165) is 19.3 Å². The first kappa shape index (κ1) is 16.1. The van der Waals surface area contributed by atoms with E-state index in [1.165, 1.54) is 37.1 Å². The fraction of sp³-hybridized carbons (Fsp3) is 0.533. The number of carbonyl (C=O) groups excluding carboxylic acids is 1. The minimum absolute atomic E-state index is 0.0332. The van der Waals surface area contributed by atoms with Crippen LogP contribution in [0, 0.1) is 10.1 Å². The molecule has 0 heterocycles. The summed E-state index contributed by atoms with van der Waals surface area (Å²) >= 11 is 0. The van der Waals surface area contributed by atoms with Crippen LogP contribution in [0.4, 0.5) is 5.69 Å². The minimum atomic E-state index is -0.495. The SMILES string of the molecule is CCCCCC[C@H](C)OC(=O)c1ccc([N+](=O)[O-])cc1. The molecule has 0 N–H and O–H groups in total. The van der Waals surface area contributed by atoms with Gasteiger partial charge in [-0.15, -0.1) is 0 Å². The zero-order chi connectivity index (χ0) is 15.0. The Labute approximate surface area is 119 Å². The molecular formula is C15H21NO4. The minimum Gasteiger partial charge on any atom is -0.459 e. The zero-order valence-electron chi connectivity index (χ0n) is 12.0. The summed E-state index contributed by atoms with van der Waals surface area (Å²) in [5, 5.41) is 10.5. The predicted octanol–water partition coefficient (Wildman–Crippen LogP) is 4.11. The Hall–Kier alpha value is -1.91. The number of nitro benzene ring substituents is 1. The molecule has 1 aromatic rings. The third-order valence-corrected chi connectivity index (χ3v) is 3.09. The Morgan fingerprint density at radius 3 is 2.45 bits per heavy atom. The van der Waals surface area contributed by atoms with Crippen LogP contribution in [0.15, 0.2) is 24.3 Å². The molecule has 5 heteroatoms. The summed E-state index contributed by atoms with van der Waals surface area (Å²) in [6.07, 6.45) is 5.28. The van der Waals surface area contributed by atoms with Crippen LogP contribution in [0.5, 0.6) is 0 Å². The summed E-state index contributed by atoms with van der Waals surface area (Å²) in [5.74, 6) is -0.428. The maximum atomic E-state index is 11.8. The number of hydrogen-bond donors (Lipinski definition) is 0. The highest BCUT2D eigenvalue weighted by Crippen LogP contribution is 2.14. The van der Waals surface area contributed by atoms with Gasteiger partial charge in [0.05, 0.1) is 16.6 Å². The maximum absolute atomic E-state index is 11.8. The lowest BCUT2D eigenvalue weighted by Gasteiger charge is -2.13. The van der Waals surface area contributed by atoms with Crippen molar-refractivity contribution in [1.29, 1.82) is 0 Å². The van der Waals surface area contributed by atoms with E-state index < -0.39 is 10.9 Å². The number of nitrogens with zero attached hydrogens (tertiary/aromatic N) is 1. The van der Waals surface area contributed by atoms with Crippen LogP contribution in [0.25, 0.3) is 0 Å². The molecule has 0 fully saturated rings. The summed E-state index contributed by atoms with van der Waals surface area (Å²) < 4.78 is 5.31. The number of benzene rings is 1. The topological polar surface area (TPSA) is 69.4 Å². The van der Waals surface area contributed by atoms with Gasteiger partial charge >= 0.3 is 5.97 Å². The molecule has 0 aromatic heterocycles. The van der Waals surface area contributed by atoms with E-state index in [9.17, 15) is 14.9 Å². The Morgan fingerprint density at radius 1 is 1.25 bits per heavy atom. The number of nitro groups is 1. The molecule has 1 atom stereocenters. The molecule has 0 radical (unpaired) electrons. The molecule has 1 rings (SSSR count). The van der Waals surface area contributed by atoms with Gasteiger partial charge in [0.1, 0.15) is 0 Å². The summed E-state index contributed by atoms with van der Waals surface area (Å²) in [4.78, 5) is 21.9. The van der Waals surface area contributed by atoms with Crippen molar-refractivity contribution in [2.75, 3.05) is 0 Å². The van der Waals surface area contributed by atoms with Gasteiger partial charge in [-0.1, -0.05) is 26.2 Å². The second-order valence-corrected chi connectivity index (χ2v) is 4.87. The van der Waals surface area contributed by atoms with Crippen LogP contribution in [-0.2, 0) is 4.74 Å². The first-order valence-corrected chi connectivity index (χ1v) is 7.00. The normalized spacial score (nSPS) is 11.9. The highest BCUT2D eigenvalue weighted by Gasteiger charge is 2.13. The molecule has 5 nitrogen and oxygen atoms in total.